The smallest absolute Gasteiger partial charge is 0.269 e. The lowest BCUT2D eigenvalue weighted by Gasteiger charge is -2.38. The van der Waals surface area contributed by atoms with Crippen LogP contribution in [0.4, 0.5) is 0 Å². The van der Waals surface area contributed by atoms with Gasteiger partial charge < -0.3 is 15.1 Å². The van der Waals surface area contributed by atoms with Crippen molar-refractivity contribution in [3.63, 3.8) is 0 Å². The summed E-state index contributed by atoms with van der Waals surface area (Å²) in [6.07, 6.45) is 5.28. The van der Waals surface area contributed by atoms with Crippen LogP contribution in [0.15, 0.2) is 53.9 Å². The summed E-state index contributed by atoms with van der Waals surface area (Å²) in [5.74, 6) is -0.345. The lowest BCUT2D eigenvalue weighted by Crippen LogP contribution is -2.51. The quantitative estimate of drug-likeness (QED) is 0.836. The van der Waals surface area contributed by atoms with Gasteiger partial charge in [-0.1, -0.05) is 22.8 Å². The number of aromatic nitrogens is 1. The lowest BCUT2D eigenvalue weighted by molar-refractivity contribution is -0.115. The van der Waals surface area contributed by atoms with Crippen LogP contribution in [0.3, 0.4) is 0 Å². The molecule has 2 amide bonds. The first kappa shape index (κ1) is 19.4. The van der Waals surface area contributed by atoms with E-state index >= 15 is 0 Å². The van der Waals surface area contributed by atoms with E-state index in [1.165, 1.54) is 0 Å². The number of amides is 2. The molecule has 0 radical (unpaired) electrons. The van der Waals surface area contributed by atoms with Crippen molar-refractivity contribution in [3.8, 4) is 0 Å². The number of likely N-dealkylation sites (tertiary alicyclic amines) is 1. The Hall–Kier alpha value is -2.93. The Kier molecular flexibility index (Phi) is 5.49. The molecule has 29 heavy (non-hydrogen) atoms. The Labute approximate surface area is 173 Å². The molecule has 0 saturated carbocycles. The molecule has 1 saturated heterocycles. The third-order valence-corrected chi connectivity index (χ3v) is 5.44. The van der Waals surface area contributed by atoms with E-state index in [4.69, 9.17) is 16.4 Å². The van der Waals surface area contributed by atoms with Crippen molar-refractivity contribution in [1.82, 2.24) is 15.2 Å². The van der Waals surface area contributed by atoms with Gasteiger partial charge in [0.1, 0.15) is 5.71 Å². The van der Waals surface area contributed by atoms with Crippen molar-refractivity contribution in [2.24, 2.45) is 5.16 Å². The summed E-state index contributed by atoms with van der Waals surface area (Å²) in [5, 5.41) is 7.42. The number of carbonyl (C=O) groups excluding carboxylic acids is 2. The number of pyridine rings is 1. The van der Waals surface area contributed by atoms with Gasteiger partial charge in [-0.05, 0) is 48.7 Å². The van der Waals surface area contributed by atoms with Gasteiger partial charge in [-0.25, -0.2) is 0 Å². The van der Waals surface area contributed by atoms with E-state index in [2.05, 4.69) is 15.5 Å². The first-order valence-corrected chi connectivity index (χ1v) is 9.89. The molecule has 1 N–H and O–H groups in total. The average Bonchev–Trinajstić information content (AvgIpc) is 3.15. The van der Waals surface area contributed by atoms with Crippen molar-refractivity contribution in [1.29, 1.82) is 0 Å². The van der Waals surface area contributed by atoms with Crippen molar-refractivity contribution in [3.05, 3.63) is 64.9 Å². The molecule has 2 aromatic rings. The second kappa shape index (κ2) is 8.21. The molecule has 0 aliphatic carbocycles. The summed E-state index contributed by atoms with van der Waals surface area (Å²) in [5.41, 5.74) is 1.22. The summed E-state index contributed by atoms with van der Waals surface area (Å²) in [6, 6.07) is 10.6. The normalized spacial score (nSPS) is 20.9. The second-order valence-corrected chi connectivity index (χ2v) is 7.80. The number of carbonyl (C=O) groups is 2. The molecule has 0 unspecified atom stereocenters. The number of nitrogens with zero attached hydrogens (tertiary/aromatic N) is 3. The maximum absolute atomic E-state index is 12.9. The second-order valence-electron chi connectivity index (χ2n) is 7.37. The topological polar surface area (TPSA) is 83.9 Å². The molecular formula is C21H21ClN4O3. The monoisotopic (exact) mass is 412 g/mol. The van der Waals surface area contributed by atoms with Crippen molar-refractivity contribution in [2.75, 3.05) is 13.1 Å². The van der Waals surface area contributed by atoms with Crippen LogP contribution in [-0.4, -0.2) is 46.1 Å². The number of halogens is 1. The average molecular weight is 413 g/mol. The number of oxime groups is 1. The number of nitrogens with one attached hydrogen (secondary N) is 1. The van der Waals surface area contributed by atoms with Crippen LogP contribution in [0.5, 0.6) is 0 Å². The first-order chi connectivity index (χ1) is 14.0. The van der Waals surface area contributed by atoms with Gasteiger partial charge in [0.2, 0.25) is 0 Å². The van der Waals surface area contributed by atoms with E-state index in [1.54, 1.807) is 41.6 Å². The fourth-order valence-electron chi connectivity index (χ4n) is 3.72. The highest BCUT2D eigenvalue weighted by atomic mass is 35.5. The zero-order chi connectivity index (χ0) is 20.3. The molecule has 1 atom stereocenters. The highest BCUT2D eigenvalue weighted by Crippen LogP contribution is 2.34. The summed E-state index contributed by atoms with van der Waals surface area (Å²) >= 11 is 6.01. The van der Waals surface area contributed by atoms with Crippen LogP contribution in [-0.2, 0) is 16.2 Å². The molecule has 150 valence electrons. The zero-order valence-corrected chi connectivity index (χ0v) is 16.6. The number of piperidine rings is 1. The summed E-state index contributed by atoms with van der Waals surface area (Å²) in [7, 11) is 0. The number of benzene rings is 1. The standard InChI is InChI=1S/C21H21ClN4O3/c22-17-4-1-3-16(11-17)20(28)26-10-2-7-21(14-26)12-18(25-29-21)19(27)24-13-15-5-8-23-9-6-15/h1,3-6,8-9,11H,2,7,10,12-14H2,(H,24,27)/t21-/m1/s1. The minimum Gasteiger partial charge on any atom is -0.386 e. The van der Waals surface area contributed by atoms with Crippen LogP contribution < -0.4 is 5.32 Å². The lowest BCUT2D eigenvalue weighted by atomic mass is 9.87. The summed E-state index contributed by atoms with van der Waals surface area (Å²) in [4.78, 5) is 36.8. The Morgan fingerprint density at radius 1 is 1.24 bits per heavy atom. The molecule has 3 heterocycles. The van der Waals surface area contributed by atoms with Gasteiger partial charge in [0.15, 0.2) is 5.60 Å². The highest BCUT2D eigenvalue weighted by molar-refractivity contribution is 6.39. The first-order valence-electron chi connectivity index (χ1n) is 9.52. The van der Waals surface area contributed by atoms with E-state index in [0.29, 0.717) is 42.4 Å². The van der Waals surface area contributed by atoms with Gasteiger partial charge in [-0.3, -0.25) is 14.6 Å². The summed E-state index contributed by atoms with van der Waals surface area (Å²) in [6.45, 7) is 1.43. The Balaban J connectivity index is 1.37. The number of hydrogen-bond donors (Lipinski definition) is 1. The Morgan fingerprint density at radius 2 is 2.07 bits per heavy atom. The minimum atomic E-state index is -0.643. The fourth-order valence-corrected chi connectivity index (χ4v) is 3.91. The van der Waals surface area contributed by atoms with E-state index < -0.39 is 5.60 Å². The molecule has 8 heteroatoms. The number of hydrogen-bond acceptors (Lipinski definition) is 5. The molecule has 0 bridgehead atoms. The van der Waals surface area contributed by atoms with Gasteiger partial charge in [-0.15, -0.1) is 0 Å². The van der Waals surface area contributed by atoms with Gasteiger partial charge in [0.05, 0.1) is 6.54 Å². The van der Waals surface area contributed by atoms with Crippen LogP contribution in [0, 0.1) is 0 Å². The highest BCUT2D eigenvalue weighted by Gasteiger charge is 2.45. The Morgan fingerprint density at radius 3 is 2.86 bits per heavy atom. The molecule has 1 aromatic heterocycles. The van der Waals surface area contributed by atoms with Crippen LogP contribution in [0.1, 0.15) is 35.2 Å². The molecule has 1 aromatic carbocycles. The van der Waals surface area contributed by atoms with E-state index in [9.17, 15) is 9.59 Å². The van der Waals surface area contributed by atoms with E-state index in [-0.39, 0.29) is 11.8 Å². The third kappa shape index (κ3) is 4.40. The molecule has 1 spiro atoms. The molecule has 1 fully saturated rings. The predicted molar refractivity (Wildman–Crippen MR) is 109 cm³/mol. The largest absolute Gasteiger partial charge is 0.386 e. The molecule has 2 aliphatic rings. The maximum Gasteiger partial charge on any atom is 0.269 e. The maximum atomic E-state index is 12.9. The van der Waals surface area contributed by atoms with Crippen LogP contribution >= 0.6 is 11.6 Å². The van der Waals surface area contributed by atoms with E-state index in [1.807, 2.05) is 12.1 Å². The SMILES string of the molecule is O=C(NCc1ccncc1)C1=NO[C@]2(CCCN(C(=O)c3cccc(Cl)c3)C2)C1. The van der Waals surface area contributed by atoms with Crippen molar-refractivity contribution < 1.29 is 14.4 Å². The van der Waals surface area contributed by atoms with E-state index in [0.717, 1.165) is 18.4 Å². The van der Waals surface area contributed by atoms with Gasteiger partial charge in [0, 0.05) is 42.5 Å². The van der Waals surface area contributed by atoms with Crippen LogP contribution in [0.25, 0.3) is 0 Å². The zero-order valence-electron chi connectivity index (χ0n) is 15.8. The minimum absolute atomic E-state index is 0.0919. The molecule has 2 aliphatic heterocycles. The molecule has 4 rings (SSSR count). The third-order valence-electron chi connectivity index (χ3n) is 5.20. The van der Waals surface area contributed by atoms with Gasteiger partial charge in [0.25, 0.3) is 11.8 Å². The van der Waals surface area contributed by atoms with Crippen molar-refractivity contribution in [2.45, 2.75) is 31.4 Å². The Bertz CT molecular complexity index is 950. The fraction of sp³-hybridized carbons (Fsp3) is 0.333. The van der Waals surface area contributed by atoms with Gasteiger partial charge >= 0.3 is 0 Å². The molecular weight excluding hydrogens is 392 g/mol. The molecule has 7 nitrogen and oxygen atoms in total. The summed E-state index contributed by atoms with van der Waals surface area (Å²) < 4.78 is 0. The van der Waals surface area contributed by atoms with Crippen molar-refractivity contribution >= 4 is 29.1 Å². The number of rotatable bonds is 4. The van der Waals surface area contributed by atoms with Gasteiger partial charge in [-0.2, -0.15) is 0 Å². The predicted octanol–water partition coefficient (Wildman–Crippen LogP) is 2.80. The van der Waals surface area contributed by atoms with Crippen LogP contribution in [0.2, 0.25) is 5.02 Å².